The summed E-state index contributed by atoms with van der Waals surface area (Å²) >= 11 is 5.82. The van der Waals surface area contributed by atoms with E-state index in [1.54, 1.807) is 54.8 Å². The molecule has 0 atom stereocenters. The predicted molar refractivity (Wildman–Crippen MR) is 72.2 cm³/mol. The summed E-state index contributed by atoms with van der Waals surface area (Å²) in [5, 5.41) is 0.639. The van der Waals surface area contributed by atoms with Gasteiger partial charge < -0.3 is 9.15 Å². The van der Waals surface area contributed by atoms with Crippen molar-refractivity contribution in [2.24, 2.45) is 0 Å². The average Bonchev–Trinajstić information content (AvgIpc) is 3.02. The highest BCUT2D eigenvalue weighted by molar-refractivity contribution is 6.30. The zero-order valence-corrected chi connectivity index (χ0v) is 10.6. The van der Waals surface area contributed by atoms with Crippen molar-refractivity contribution in [2.75, 3.05) is 0 Å². The van der Waals surface area contributed by atoms with E-state index in [0.717, 1.165) is 5.56 Å². The SMILES string of the molecule is O=C1OC(c2ccc(Cl)cc2)=C/C1=C/c1ccco1. The average molecular weight is 273 g/mol. The molecule has 0 N–H and O–H groups in total. The van der Waals surface area contributed by atoms with Crippen molar-refractivity contribution in [1.29, 1.82) is 0 Å². The van der Waals surface area contributed by atoms with Gasteiger partial charge >= 0.3 is 5.97 Å². The van der Waals surface area contributed by atoms with Crippen LogP contribution in [0.3, 0.4) is 0 Å². The highest BCUT2D eigenvalue weighted by atomic mass is 35.5. The summed E-state index contributed by atoms with van der Waals surface area (Å²) in [5.74, 6) is 0.737. The van der Waals surface area contributed by atoms with Crippen LogP contribution < -0.4 is 0 Å². The predicted octanol–water partition coefficient (Wildman–Crippen LogP) is 3.91. The van der Waals surface area contributed by atoms with Crippen LogP contribution in [-0.4, -0.2) is 5.97 Å². The first-order chi connectivity index (χ1) is 9.22. The van der Waals surface area contributed by atoms with Crippen LogP contribution in [0.4, 0.5) is 0 Å². The van der Waals surface area contributed by atoms with Crippen molar-refractivity contribution < 1.29 is 13.9 Å². The van der Waals surface area contributed by atoms with E-state index in [1.807, 2.05) is 0 Å². The number of carbonyl (C=O) groups excluding carboxylic acids is 1. The van der Waals surface area contributed by atoms with Crippen molar-refractivity contribution in [3.05, 3.63) is 70.7 Å². The fraction of sp³-hybridized carbons (Fsp3) is 0. The van der Waals surface area contributed by atoms with Crippen LogP contribution in [0, 0.1) is 0 Å². The lowest BCUT2D eigenvalue weighted by Gasteiger charge is -2.00. The Kier molecular flexibility index (Phi) is 2.97. The van der Waals surface area contributed by atoms with Crippen LogP contribution in [0.15, 0.2) is 58.7 Å². The summed E-state index contributed by atoms with van der Waals surface area (Å²) in [6, 6.07) is 10.6. The van der Waals surface area contributed by atoms with E-state index in [-0.39, 0.29) is 5.97 Å². The third-order valence-electron chi connectivity index (χ3n) is 2.69. The van der Waals surface area contributed by atoms with Gasteiger partial charge in [0.05, 0.1) is 11.8 Å². The molecule has 0 radical (unpaired) electrons. The molecular weight excluding hydrogens is 264 g/mol. The molecule has 3 rings (SSSR count). The largest absolute Gasteiger partial charge is 0.465 e. The van der Waals surface area contributed by atoms with Gasteiger partial charge in [-0.05, 0) is 48.6 Å². The number of benzene rings is 1. The first kappa shape index (κ1) is 11.8. The highest BCUT2D eigenvalue weighted by Crippen LogP contribution is 2.28. The topological polar surface area (TPSA) is 39.4 Å². The van der Waals surface area contributed by atoms with Crippen molar-refractivity contribution in [3.63, 3.8) is 0 Å². The van der Waals surface area contributed by atoms with E-state index in [0.29, 0.717) is 22.1 Å². The minimum absolute atomic E-state index is 0.388. The Morgan fingerprint density at radius 1 is 1.11 bits per heavy atom. The maximum atomic E-state index is 11.7. The van der Waals surface area contributed by atoms with Gasteiger partial charge in [0.2, 0.25) is 0 Å². The molecule has 3 nitrogen and oxygen atoms in total. The summed E-state index contributed by atoms with van der Waals surface area (Å²) in [4.78, 5) is 11.7. The molecule has 1 aromatic heterocycles. The van der Waals surface area contributed by atoms with Crippen molar-refractivity contribution in [1.82, 2.24) is 0 Å². The number of esters is 1. The maximum Gasteiger partial charge on any atom is 0.343 e. The molecule has 2 heterocycles. The normalized spacial score (nSPS) is 16.6. The second-order valence-electron chi connectivity index (χ2n) is 4.02. The zero-order chi connectivity index (χ0) is 13.2. The summed E-state index contributed by atoms with van der Waals surface area (Å²) in [7, 11) is 0. The molecule has 4 heteroatoms. The second kappa shape index (κ2) is 4.78. The molecule has 0 spiro atoms. The minimum atomic E-state index is -0.388. The maximum absolute atomic E-state index is 11.7. The van der Waals surface area contributed by atoms with Gasteiger partial charge in [-0.1, -0.05) is 11.6 Å². The number of cyclic esters (lactones) is 1. The van der Waals surface area contributed by atoms with Crippen LogP contribution in [0.2, 0.25) is 5.02 Å². The summed E-state index contributed by atoms with van der Waals surface area (Å²) in [6.07, 6.45) is 4.88. The quantitative estimate of drug-likeness (QED) is 0.614. The number of ether oxygens (including phenoxy) is 1. The molecule has 1 aliphatic heterocycles. The Balaban J connectivity index is 1.93. The van der Waals surface area contributed by atoms with Crippen LogP contribution >= 0.6 is 11.6 Å². The molecule has 1 aromatic carbocycles. The number of carbonyl (C=O) groups is 1. The fourth-order valence-electron chi connectivity index (χ4n) is 1.77. The molecule has 0 bridgehead atoms. The van der Waals surface area contributed by atoms with Crippen LogP contribution in [-0.2, 0) is 9.53 Å². The van der Waals surface area contributed by atoms with E-state index >= 15 is 0 Å². The first-order valence-electron chi connectivity index (χ1n) is 5.67. The monoisotopic (exact) mass is 272 g/mol. The van der Waals surface area contributed by atoms with E-state index < -0.39 is 0 Å². The molecule has 0 saturated carbocycles. The molecule has 94 valence electrons. The van der Waals surface area contributed by atoms with Crippen LogP contribution in [0.25, 0.3) is 11.8 Å². The van der Waals surface area contributed by atoms with Gasteiger partial charge in [0, 0.05) is 10.6 Å². The molecule has 1 aliphatic rings. The zero-order valence-electron chi connectivity index (χ0n) is 9.80. The van der Waals surface area contributed by atoms with E-state index in [9.17, 15) is 4.79 Å². The van der Waals surface area contributed by atoms with Crippen molar-refractivity contribution in [2.45, 2.75) is 0 Å². The Labute approximate surface area is 114 Å². The molecule has 0 saturated heterocycles. The third kappa shape index (κ3) is 2.46. The Morgan fingerprint density at radius 2 is 1.89 bits per heavy atom. The lowest BCUT2D eigenvalue weighted by atomic mass is 10.1. The highest BCUT2D eigenvalue weighted by Gasteiger charge is 2.22. The lowest BCUT2D eigenvalue weighted by Crippen LogP contribution is -1.96. The number of hydrogen-bond donors (Lipinski definition) is 0. The molecular formula is C15H9ClO3. The standard InChI is InChI=1S/C15H9ClO3/c16-12-5-3-10(4-6-12)14-9-11(15(17)19-14)8-13-2-1-7-18-13/h1-9H/b11-8-. The Morgan fingerprint density at radius 3 is 2.58 bits per heavy atom. The number of furan rings is 1. The van der Waals surface area contributed by atoms with E-state index in [2.05, 4.69) is 0 Å². The van der Waals surface area contributed by atoms with Gasteiger partial charge in [0.1, 0.15) is 11.5 Å². The molecule has 0 amide bonds. The van der Waals surface area contributed by atoms with Gasteiger partial charge in [0.15, 0.2) is 0 Å². The smallest absolute Gasteiger partial charge is 0.343 e. The molecule has 0 aliphatic carbocycles. The van der Waals surface area contributed by atoms with Crippen molar-refractivity contribution in [3.8, 4) is 0 Å². The fourth-order valence-corrected chi connectivity index (χ4v) is 1.90. The third-order valence-corrected chi connectivity index (χ3v) is 2.95. The van der Waals surface area contributed by atoms with Crippen LogP contribution in [0.5, 0.6) is 0 Å². The first-order valence-corrected chi connectivity index (χ1v) is 6.05. The molecule has 19 heavy (non-hydrogen) atoms. The van der Waals surface area contributed by atoms with Gasteiger partial charge in [-0.15, -0.1) is 0 Å². The minimum Gasteiger partial charge on any atom is -0.465 e. The molecule has 0 fully saturated rings. The van der Waals surface area contributed by atoms with Gasteiger partial charge in [-0.25, -0.2) is 4.79 Å². The van der Waals surface area contributed by atoms with Crippen LogP contribution in [0.1, 0.15) is 11.3 Å². The number of hydrogen-bond acceptors (Lipinski definition) is 3. The van der Waals surface area contributed by atoms with E-state index in [4.69, 9.17) is 20.8 Å². The van der Waals surface area contributed by atoms with Gasteiger partial charge in [-0.2, -0.15) is 0 Å². The number of rotatable bonds is 2. The Bertz CT molecular complexity index is 664. The Hall–Kier alpha value is -2.26. The lowest BCUT2D eigenvalue weighted by molar-refractivity contribution is -0.130. The van der Waals surface area contributed by atoms with E-state index in [1.165, 1.54) is 0 Å². The van der Waals surface area contributed by atoms with Gasteiger partial charge in [0.25, 0.3) is 0 Å². The van der Waals surface area contributed by atoms with Gasteiger partial charge in [-0.3, -0.25) is 0 Å². The summed E-state index contributed by atoms with van der Waals surface area (Å²) in [6.45, 7) is 0. The summed E-state index contributed by atoms with van der Waals surface area (Å²) < 4.78 is 10.4. The summed E-state index contributed by atoms with van der Waals surface area (Å²) in [5.41, 5.74) is 1.26. The molecule has 0 unspecified atom stereocenters. The number of halogens is 1. The molecule has 2 aromatic rings. The second-order valence-corrected chi connectivity index (χ2v) is 4.46. The van der Waals surface area contributed by atoms with Crippen molar-refractivity contribution >= 4 is 29.4 Å².